The average Bonchev–Trinajstić information content (AvgIpc) is 2.18. The second-order valence-electron chi connectivity index (χ2n) is 3.68. The Bertz CT molecular complexity index is 235. The molecule has 4 N–H and O–H groups in total. The predicted molar refractivity (Wildman–Crippen MR) is 50.8 cm³/mol. The Morgan fingerprint density at radius 3 is 2.40 bits per heavy atom. The van der Waals surface area contributed by atoms with E-state index in [1.54, 1.807) is 6.92 Å². The number of aliphatic hydroxyl groups excluding tert-OH is 3. The molecule has 5 atom stereocenters. The summed E-state index contributed by atoms with van der Waals surface area (Å²) < 4.78 is 5.06. The van der Waals surface area contributed by atoms with E-state index in [9.17, 15) is 20.1 Å². The van der Waals surface area contributed by atoms with E-state index in [4.69, 9.17) is 4.74 Å². The van der Waals surface area contributed by atoms with Gasteiger partial charge in [0.05, 0.1) is 6.10 Å². The van der Waals surface area contributed by atoms with E-state index in [1.165, 1.54) is 6.92 Å². The second kappa shape index (κ2) is 4.89. The summed E-state index contributed by atoms with van der Waals surface area (Å²) in [6.07, 6.45) is -3.75. The van der Waals surface area contributed by atoms with Crippen molar-refractivity contribution in [2.24, 2.45) is 0 Å². The molecule has 0 bridgehead atoms. The fraction of sp³-hybridized carbons (Fsp3) is 0.889. The minimum Gasteiger partial charge on any atom is -0.388 e. The maximum Gasteiger partial charge on any atom is 0.217 e. The molecule has 1 amide bonds. The van der Waals surface area contributed by atoms with Gasteiger partial charge in [0.1, 0.15) is 18.2 Å². The van der Waals surface area contributed by atoms with E-state index in [2.05, 4.69) is 5.32 Å². The topological polar surface area (TPSA) is 99.0 Å². The first kappa shape index (κ1) is 12.4. The number of rotatable bonds is 2. The van der Waals surface area contributed by atoms with Gasteiger partial charge in [0.25, 0.3) is 0 Å². The maximum absolute atomic E-state index is 10.8. The number of nitrogens with one attached hydrogen (secondary N) is 1. The zero-order chi connectivity index (χ0) is 11.6. The largest absolute Gasteiger partial charge is 0.388 e. The highest BCUT2D eigenvalue weighted by atomic mass is 16.6. The molecular formula is C9H17NO5. The van der Waals surface area contributed by atoms with Gasteiger partial charge in [0.2, 0.25) is 5.91 Å². The number of aliphatic hydroxyl groups is 3. The molecule has 0 radical (unpaired) electrons. The number of amides is 1. The number of carbonyl (C=O) groups is 1. The van der Waals surface area contributed by atoms with Gasteiger partial charge in [-0.3, -0.25) is 4.79 Å². The third-order valence-corrected chi connectivity index (χ3v) is 2.49. The summed E-state index contributed by atoms with van der Waals surface area (Å²) in [5.41, 5.74) is 0. The van der Waals surface area contributed by atoms with Crippen molar-refractivity contribution in [3.8, 4) is 0 Å². The van der Waals surface area contributed by atoms with E-state index >= 15 is 0 Å². The van der Waals surface area contributed by atoms with Crippen LogP contribution in [0, 0.1) is 0 Å². The summed E-state index contributed by atoms with van der Waals surface area (Å²) in [5, 5.41) is 31.1. The molecule has 0 saturated carbocycles. The number of ether oxygens (including phenoxy) is 1. The lowest BCUT2D eigenvalue weighted by atomic mass is 9.95. The van der Waals surface area contributed by atoms with Crippen molar-refractivity contribution in [2.75, 3.05) is 0 Å². The Morgan fingerprint density at radius 1 is 1.33 bits per heavy atom. The van der Waals surface area contributed by atoms with Crippen LogP contribution in [-0.4, -0.2) is 51.9 Å². The van der Waals surface area contributed by atoms with Crippen molar-refractivity contribution < 1.29 is 24.9 Å². The van der Waals surface area contributed by atoms with Gasteiger partial charge in [-0.15, -0.1) is 0 Å². The molecule has 88 valence electrons. The van der Waals surface area contributed by atoms with E-state index in [0.717, 1.165) is 0 Å². The number of hydrogen-bond acceptors (Lipinski definition) is 5. The molecule has 3 unspecified atom stereocenters. The van der Waals surface area contributed by atoms with Crippen LogP contribution in [0.1, 0.15) is 20.3 Å². The van der Waals surface area contributed by atoms with Crippen molar-refractivity contribution in [3.05, 3.63) is 0 Å². The molecule has 0 aromatic rings. The monoisotopic (exact) mass is 219 g/mol. The standard InChI is InChI=1S/C9H17NO5/c1-3-5-7(12)8(13)6(9(14)15-5)10-4(2)11/h5-9,12-14H,3H2,1-2H3,(H,10,11)/t5?,6?,7-,8-,9?/m1/s1. The zero-order valence-electron chi connectivity index (χ0n) is 8.75. The summed E-state index contributed by atoms with van der Waals surface area (Å²) in [7, 11) is 0. The summed E-state index contributed by atoms with van der Waals surface area (Å²) in [6, 6.07) is -0.986. The highest BCUT2D eigenvalue weighted by molar-refractivity contribution is 5.73. The number of carbonyl (C=O) groups excluding carboxylic acids is 1. The molecule has 1 fully saturated rings. The maximum atomic E-state index is 10.8. The predicted octanol–water partition coefficient (Wildman–Crippen LogP) is -1.66. The SMILES string of the molecule is CCC1OC(O)C(NC(C)=O)[C@@H](O)[C@@H]1O. The molecule has 0 spiro atoms. The Balaban J connectivity index is 2.70. The molecule has 1 rings (SSSR count). The molecule has 1 aliphatic rings. The highest BCUT2D eigenvalue weighted by Crippen LogP contribution is 2.21. The summed E-state index contributed by atoms with van der Waals surface area (Å²) in [5.74, 6) is -0.399. The van der Waals surface area contributed by atoms with E-state index < -0.39 is 36.6 Å². The van der Waals surface area contributed by atoms with Gasteiger partial charge in [0, 0.05) is 6.92 Å². The van der Waals surface area contributed by atoms with Gasteiger partial charge in [-0.1, -0.05) is 6.92 Å². The lowest BCUT2D eigenvalue weighted by Gasteiger charge is -2.40. The van der Waals surface area contributed by atoms with Crippen LogP contribution < -0.4 is 5.32 Å². The average molecular weight is 219 g/mol. The van der Waals surface area contributed by atoms with Crippen LogP contribution in [-0.2, 0) is 9.53 Å². The van der Waals surface area contributed by atoms with Gasteiger partial charge in [-0.2, -0.15) is 0 Å². The van der Waals surface area contributed by atoms with Gasteiger partial charge >= 0.3 is 0 Å². The third kappa shape index (κ3) is 2.66. The van der Waals surface area contributed by atoms with Gasteiger partial charge in [-0.25, -0.2) is 0 Å². The second-order valence-corrected chi connectivity index (χ2v) is 3.68. The quantitative estimate of drug-likeness (QED) is 0.445. The van der Waals surface area contributed by atoms with Crippen LogP contribution in [0.5, 0.6) is 0 Å². The van der Waals surface area contributed by atoms with Crippen molar-refractivity contribution in [1.82, 2.24) is 5.32 Å². The molecule has 1 heterocycles. The minimum atomic E-state index is -1.29. The molecule has 6 nitrogen and oxygen atoms in total. The normalized spacial score (nSPS) is 41.3. The van der Waals surface area contributed by atoms with Crippen LogP contribution in [0.15, 0.2) is 0 Å². The molecule has 1 aliphatic heterocycles. The molecule has 0 aromatic heterocycles. The first-order valence-corrected chi connectivity index (χ1v) is 4.94. The Labute approximate surface area is 87.9 Å². The fourth-order valence-electron chi connectivity index (χ4n) is 1.67. The van der Waals surface area contributed by atoms with Crippen LogP contribution in [0.25, 0.3) is 0 Å². The van der Waals surface area contributed by atoms with Crippen molar-refractivity contribution in [3.63, 3.8) is 0 Å². The summed E-state index contributed by atoms with van der Waals surface area (Å²) in [4.78, 5) is 10.8. The van der Waals surface area contributed by atoms with Crippen LogP contribution in [0.2, 0.25) is 0 Å². The molecule has 15 heavy (non-hydrogen) atoms. The molecule has 1 saturated heterocycles. The van der Waals surface area contributed by atoms with Gasteiger partial charge in [0.15, 0.2) is 6.29 Å². The molecule has 0 aliphatic carbocycles. The van der Waals surface area contributed by atoms with Crippen molar-refractivity contribution in [1.29, 1.82) is 0 Å². The first-order valence-electron chi connectivity index (χ1n) is 4.94. The van der Waals surface area contributed by atoms with Gasteiger partial charge in [-0.05, 0) is 6.42 Å². The lowest BCUT2D eigenvalue weighted by Crippen LogP contribution is -2.63. The molecule has 0 aromatic carbocycles. The highest BCUT2D eigenvalue weighted by Gasteiger charge is 2.43. The van der Waals surface area contributed by atoms with Crippen LogP contribution >= 0.6 is 0 Å². The minimum absolute atomic E-state index is 0.399. The number of hydrogen-bond donors (Lipinski definition) is 4. The molecular weight excluding hydrogens is 202 g/mol. The van der Waals surface area contributed by atoms with Crippen molar-refractivity contribution in [2.45, 2.75) is 50.9 Å². The van der Waals surface area contributed by atoms with Crippen LogP contribution in [0.4, 0.5) is 0 Å². The Morgan fingerprint density at radius 2 is 1.93 bits per heavy atom. The fourth-order valence-corrected chi connectivity index (χ4v) is 1.67. The van der Waals surface area contributed by atoms with E-state index in [0.29, 0.717) is 6.42 Å². The van der Waals surface area contributed by atoms with E-state index in [-0.39, 0.29) is 0 Å². The molecule has 6 heteroatoms. The summed E-state index contributed by atoms with van der Waals surface area (Å²) >= 11 is 0. The Hall–Kier alpha value is -0.690. The summed E-state index contributed by atoms with van der Waals surface area (Å²) in [6.45, 7) is 3.03. The zero-order valence-corrected chi connectivity index (χ0v) is 8.75. The third-order valence-electron chi connectivity index (χ3n) is 2.49. The Kier molecular flexibility index (Phi) is 4.04. The van der Waals surface area contributed by atoms with Crippen LogP contribution in [0.3, 0.4) is 0 Å². The van der Waals surface area contributed by atoms with Gasteiger partial charge < -0.3 is 25.4 Å². The smallest absolute Gasteiger partial charge is 0.217 e. The van der Waals surface area contributed by atoms with Crippen molar-refractivity contribution >= 4 is 5.91 Å². The lowest BCUT2D eigenvalue weighted by molar-refractivity contribution is -0.247. The van der Waals surface area contributed by atoms with E-state index in [1.807, 2.05) is 0 Å². The first-order chi connectivity index (χ1) is 6.97.